The molecular weight excluding hydrogens is 224 g/mol. The number of halogens is 1. The van der Waals surface area contributed by atoms with Gasteiger partial charge in [-0.1, -0.05) is 15.9 Å². The Morgan fingerprint density at radius 1 is 1.08 bits per heavy atom. The minimum absolute atomic E-state index is 0.909. The van der Waals surface area contributed by atoms with Gasteiger partial charge in [-0.05, 0) is 66.8 Å². The molecule has 1 unspecified atom stereocenters. The number of benzene rings is 1. The van der Waals surface area contributed by atoms with Crippen LogP contribution in [0.1, 0.15) is 41.9 Å². The van der Waals surface area contributed by atoms with Crippen LogP contribution in [-0.2, 0) is 12.8 Å². The maximum Gasteiger partial charge on any atom is 0.0180 e. The Hall–Kier alpha value is -0.300. The van der Waals surface area contributed by atoms with Gasteiger partial charge in [0.2, 0.25) is 0 Å². The van der Waals surface area contributed by atoms with E-state index in [0.717, 1.165) is 5.92 Å². The molecule has 1 aromatic carbocycles. The topological polar surface area (TPSA) is 0 Å². The van der Waals surface area contributed by atoms with Crippen molar-refractivity contribution < 1.29 is 0 Å². The third kappa shape index (κ3) is 1.17. The summed E-state index contributed by atoms with van der Waals surface area (Å²) >= 11 is 3.60. The van der Waals surface area contributed by atoms with Crippen molar-refractivity contribution in [1.29, 1.82) is 0 Å². The van der Waals surface area contributed by atoms with Gasteiger partial charge in [-0.25, -0.2) is 0 Å². The molecule has 0 fully saturated rings. The summed E-state index contributed by atoms with van der Waals surface area (Å²) in [6.45, 7) is 0. The number of aryl methyl sites for hydroxylation is 2. The van der Waals surface area contributed by atoms with Crippen molar-refractivity contribution in [1.82, 2.24) is 0 Å². The first-order chi connectivity index (χ1) is 6.34. The molecular formula is C12H13Br. The van der Waals surface area contributed by atoms with E-state index in [1.54, 1.807) is 16.7 Å². The van der Waals surface area contributed by atoms with Crippen molar-refractivity contribution >= 4 is 15.9 Å². The normalized spacial score (nSPS) is 24.5. The third-order valence-electron chi connectivity index (χ3n) is 3.49. The molecule has 0 radical (unpaired) electrons. The van der Waals surface area contributed by atoms with E-state index in [9.17, 15) is 0 Å². The summed E-state index contributed by atoms with van der Waals surface area (Å²) in [6, 6.07) is 4.65. The molecule has 0 saturated carbocycles. The molecule has 0 saturated heterocycles. The van der Waals surface area contributed by atoms with E-state index in [-0.39, 0.29) is 0 Å². The van der Waals surface area contributed by atoms with Gasteiger partial charge < -0.3 is 0 Å². The molecule has 0 aliphatic heterocycles. The molecule has 1 atom stereocenters. The molecule has 1 heteroatoms. The van der Waals surface area contributed by atoms with Gasteiger partial charge in [0, 0.05) is 4.47 Å². The summed E-state index contributed by atoms with van der Waals surface area (Å²) in [5.74, 6) is 0.909. The van der Waals surface area contributed by atoms with Crippen LogP contribution in [-0.4, -0.2) is 0 Å². The lowest BCUT2D eigenvalue weighted by molar-refractivity contribution is 0.555. The average Bonchev–Trinajstić information content (AvgIpc) is 2.50. The highest BCUT2D eigenvalue weighted by Gasteiger charge is 2.28. The fourth-order valence-corrected chi connectivity index (χ4v) is 3.53. The van der Waals surface area contributed by atoms with Crippen LogP contribution in [0.2, 0.25) is 0 Å². The van der Waals surface area contributed by atoms with Crippen LogP contribution in [0.5, 0.6) is 0 Å². The molecule has 0 nitrogen and oxygen atoms in total. The van der Waals surface area contributed by atoms with Crippen molar-refractivity contribution in [2.24, 2.45) is 0 Å². The predicted octanol–water partition coefficient (Wildman–Crippen LogP) is 3.82. The monoisotopic (exact) mass is 236 g/mol. The number of hydrogen-bond donors (Lipinski definition) is 0. The Labute approximate surface area is 87.5 Å². The van der Waals surface area contributed by atoms with E-state index in [4.69, 9.17) is 0 Å². The Morgan fingerprint density at radius 3 is 2.69 bits per heavy atom. The molecule has 0 bridgehead atoms. The van der Waals surface area contributed by atoms with Gasteiger partial charge >= 0.3 is 0 Å². The molecule has 0 aromatic heterocycles. The van der Waals surface area contributed by atoms with Gasteiger partial charge in [0.05, 0.1) is 0 Å². The van der Waals surface area contributed by atoms with E-state index in [1.807, 2.05) is 0 Å². The molecule has 2 aliphatic carbocycles. The standard InChI is InChI=1S/C12H13Br/c13-11-6-9-3-1-2-8-4-5-10(7-11)12(8)9/h6-8H,1-5H2. The zero-order valence-electron chi connectivity index (χ0n) is 7.65. The summed E-state index contributed by atoms with van der Waals surface area (Å²) in [5, 5.41) is 0. The molecule has 0 N–H and O–H groups in total. The van der Waals surface area contributed by atoms with Crippen molar-refractivity contribution in [3.63, 3.8) is 0 Å². The smallest absolute Gasteiger partial charge is 0.0180 e. The predicted molar refractivity (Wildman–Crippen MR) is 58.1 cm³/mol. The van der Waals surface area contributed by atoms with Crippen molar-refractivity contribution in [3.05, 3.63) is 33.3 Å². The van der Waals surface area contributed by atoms with Gasteiger partial charge in [0.15, 0.2) is 0 Å². The first-order valence-corrected chi connectivity index (χ1v) is 5.95. The van der Waals surface area contributed by atoms with Crippen LogP contribution in [0.15, 0.2) is 16.6 Å². The summed E-state index contributed by atoms with van der Waals surface area (Å²) in [6.07, 6.45) is 6.85. The molecule has 0 heterocycles. The summed E-state index contributed by atoms with van der Waals surface area (Å²) in [5.41, 5.74) is 4.96. The van der Waals surface area contributed by atoms with Gasteiger partial charge in [-0.2, -0.15) is 0 Å². The van der Waals surface area contributed by atoms with E-state index in [1.165, 1.54) is 36.6 Å². The lowest BCUT2D eigenvalue weighted by Crippen LogP contribution is -2.06. The summed E-state index contributed by atoms with van der Waals surface area (Å²) in [4.78, 5) is 0. The average molecular weight is 237 g/mol. The van der Waals surface area contributed by atoms with Gasteiger partial charge in [-0.15, -0.1) is 0 Å². The molecule has 0 spiro atoms. The van der Waals surface area contributed by atoms with Crippen LogP contribution in [0.4, 0.5) is 0 Å². The Kier molecular flexibility index (Phi) is 1.76. The fourth-order valence-electron chi connectivity index (χ4n) is 2.98. The molecule has 3 rings (SSSR count). The lowest BCUT2D eigenvalue weighted by Gasteiger charge is -2.21. The highest BCUT2D eigenvalue weighted by atomic mass is 79.9. The maximum absolute atomic E-state index is 3.60. The number of hydrogen-bond acceptors (Lipinski definition) is 0. The fraction of sp³-hybridized carbons (Fsp3) is 0.500. The van der Waals surface area contributed by atoms with Crippen LogP contribution < -0.4 is 0 Å². The molecule has 2 aliphatic rings. The first kappa shape index (κ1) is 8.05. The van der Waals surface area contributed by atoms with Crippen molar-refractivity contribution in [3.8, 4) is 0 Å². The first-order valence-electron chi connectivity index (χ1n) is 5.16. The minimum Gasteiger partial charge on any atom is -0.0508 e. The Morgan fingerprint density at radius 2 is 1.85 bits per heavy atom. The van der Waals surface area contributed by atoms with E-state index >= 15 is 0 Å². The summed E-state index contributed by atoms with van der Waals surface area (Å²) < 4.78 is 1.28. The van der Waals surface area contributed by atoms with Crippen LogP contribution in [0.25, 0.3) is 0 Å². The lowest BCUT2D eigenvalue weighted by atomic mass is 9.84. The maximum atomic E-state index is 3.60. The third-order valence-corrected chi connectivity index (χ3v) is 3.94. The Bertz CT molecular complexity index is 354. The van der Waals surface area contributed by atoms with Gasteiger partial charge in [-0.3, -0.25) is 0 Å². The Balaban J connectivity index is 2.23. The highest BCUT2D eigenvalue weighted by molar-refractivity contribution is 9.10. The van der Waals surface area contributed by atoms with E-state index in [0.29, 0.717) is 0 Å². The van der Waals surface area contributed by atoms with Crippen molar-refractivity contribution in [2.45, 2.75) is 38.0 Å². The van der Waals surface area contributed by atoms with E-state index in [2.05, 4.69) is 28.1 Å². The van der Waals surface area contributed by atoms with Crippen LogP contribution in [0.3, 0.4) is 0 Å². The molecule has 0 amide bonds. The molecule has 13 heavy (non-hydrogen) atoms. The van der Waals surface area contributed by atoms with Gasteiger partial charge in [0.25, 0.3) is 0 Å². The largest absolute Gasteiger partial charge is 0.0508 e. The summed E-state index contributed by atoms with van der Waals surface area (Å²) in [7, 11) is 0. The SMILES string of the molecule is Brc1cc2c3c(c1)CCC3CCC2. The molecule has 68 valence electrons. The minimum atomic E-state index is 0.909. The second kappa shape index (κ2) is 2.84. The zero-order chi connectivity index (χ0) is 8.84. The van der Waals surface area contributed by atoms with Crippen LogP contribution >= 0.6 is 15.9 Å². The van der Waals surface area contributed by atoms with Crippen LogP contribution in [0, 0.1) is 0 Å². The van der Waals surface area contributed by atoms with E-state index < -0.39 is 0 Å². The molecule has 1 aromatic rings. The van der Waals surface area contributed by atoms with Gasteiger partial charge in [0.1, 0.15) is 0 Å². The number of rotatable bonds is 0. The zero-order valence-corrected chi connectivity index (χ0v) is 9.23. The van der Waals surface area contributed by atoms with Crippen molar-refractivity contribution in [2.75, 3.05) is 0 Å². The highest BCUT2D eigenvalue weighted by Crippen LogP contribution is 2.43. The second-order valence-electron chi connectivity index (χ2n) is 4.27. The quantitative estimate of drug-likeness (QED) is 0.643. The second-order valence-corrected chi connectivity index (χ2v) is 5.18.